The van der Waals surface area contributed by atoms with Gasteiger partial charge in [0.25, 0.3) is 0 Å². The first-order chi connectivity index (χ1) is 9.72. The van der Waals surface area contributed by atoms with E-state index in [0.29, 0.717) is 30.0 Å². The standard InChI is InChI=1S/C14H19N5O/c15-10-11-4-6-17-14(13(11)16)18-7-5-12(20)19-8-2-1-3-9-19/h4,6H,1-3,5,7-9,16H2,(H,17,18). The van der Waals surface area contributed by atoms with E-state index >= 15 is 0 Å². The molecule has 2 heterocycles. The average molecular weight is 273 g/mol. The lowest BCUT2D eigenvalue weighted by Gasteiger charge is -2.26. The number of carbonyl (C=O) groups excluding carboxylic acids is 1. The molecule has 1 aromatic rings. The van der Waals surface area contributed by atoms with Crippen LogP contribution in [-0.4, -0.2) is 35.4 Å². The van der Waals surface area contributed by atoms with E-state index in [4.69, 9.17) is 11.0 Å². The minimum Gasteiger partial charge on any atom is -0.395 e. The van der Waals surface area contributed by atoms with Gasteiger partial charge in [0.1, 0.15) is 6.07 Å². The number of piperidine rings is 1. The Morgan fingerprint density at radius 1 is 1.45 bits per heavy atom. The molecule has 20 heavy (non-hydrogen) atoms. The van der Waals surface area contributed by atoms with Gasteiger partial charge in [0.15, 0.2) is 5.82 Å². The van der Waals surface area contributed by atoms with Crippen molar-refractivity contribution in [3.8, 4) is 6.07 Å². The van der Waals surface area contributed by atoms with Crippen molar-refractivity contribution in [3.05, 3.63) is 17.8 Å². The van der Waals surface area contributed by atoms with Crippen LogP contribution in [0.2, 0.25) is 0 Å². The lowest BCUT2D eigenvalue weighted by molar-refractivity contribution is -0.131. The second-order valence-corrected chi connectivity index (χ2v) is 4.85. The molecule has 1 fully saturated rings. The lowest BCUT2D eigenvalue weighted by Crippen LogP contribution is -2.36. The van der Waals surface area contributed by atoms with Crippen LogP contribution < -0.4 is 11.1 Å². The molecule has 1 aliphatic heterocycles. The molecule has 106 valence electrons. The largest absolute Gasteiger partial charge is 0.395 e. The van der Waals surface area contributed by atoms with Crippen molar-refractivity contribution in [2.24, 2.45) is 0 Å². The number of nitrogen functional groups attached to an aromatic ring is 1. The van der Waals surface area contributed by atoms with Crippen molar-refractivity contribution >= 4 is 17.4 Å². The Labute approximate surface area is 118 Å². The van der Waals surface area contributed by atoms with Gasteiger partial charge in [-0.2, -0.15) is 5.26 Å². The summed E-state index contributed by atoms with van der Waals surface area (Å²) in [6, 6.07) is 3.58. The number of likely N-dealkylation sites (tertiary alicyclic amines) is 1. The number of nitrogens with zero attached hydrogens (tertiary/aromatic N) is 3. The number of anilines is 2. The smallest absolute Gasteiger partial charge is 0.224 e. The van der Waals surface area contributed by atoms with Gasteiger partial charge in [0, 0.05) is 32.3 Å². The van der Waals surface area contributed by atoms with Crippen molar-refractivity contribution in [2.75, 3.05) is 30.7 Å². The molecular weight excluding hydrogens is 254 g/mol. The van der Waals surface area contributed by atoms with Gasteiger partial charge in [-0.25, -0.2) is 4.98 Å². The predicted octanol–water partition coefficient (Wildman–Crippen LogP) is 1.35. The number of pyridine rings is 1. The van der Waals surface area contributed by atoms with Crippen LogP contribution in [0.3, 0.4) is 0 Å². The Hall–Kier alpha value is -2.29. The van der Waals surface area contributed by atoms with Crippen molar-refractivity contribution in [1.82, 2.24) is 9.88 Å². The summed E-state index contributed by atoms with van der Waals surface area (Å²) in [5.41, 5.74) is 6.54. The van der Waals surface area contributed by atoms with Crippen molar-refractivity contribution in [2.45, 2.75) is 25.7 Å². The van der Waals surface area contributed by atoms with Gasteiger partial charge < -0.3 is 16.0 Å². The number of nitriles is 1. The van der Waals surface area contributed by atoms with E-state index in [1.54, 1.807) is 6.07 Å². The molecule has 1 aliphatic rings. The van der Waals surface area contributed by atoms with Crippen LogP contribution in [0.25, 0.3) is 0 Å². The highest BCUT2D eigenvalue weighted by atomic mass is 16.2. The summed E-state index contributed by atoms with van der Waals surface area (Å²) in [6.07, 6.45) is 5.35. The summed E-state index contributed by atoms with van der Waals surface area (Å²) >= 11 is 0. The average Bonchev–Trinajstić information content (AvgIpc) is 2.49. The zero-order valence-electron chi connectivity index (χ0n) is 11.4. The third-order valence-electron chi connectivity index (χ3n) is 3.45. The summed E-state index contributed by atoms with van der Waals surface area (Å²) in [5.74, 6) is 0.628. The molecule has 3 N–H and O–H groups in total. The molecule has 0 atom stereocenters. The van der Waals surface area contributed by atoms with E-state index in [-0.39, 0.29) is 5.91 Å². The van der Waals surface area contributed by atoms with Crippen LogP contribution >= 0.6 is 0 Å². The van der Waals surface area contributed by atoms with E-state index in [0.717, 1.165) is 25.9 Å². The number of hydrogen-bond donors (Lipinski definition) is 2. The molecule has 1 aromatic heterocycles. The summed E-state index contributed by atoms with van der Waals surface area (Å²) < 4.78 is 0. The molecule has 1 amide bonds. The first-order valence-corrected chi connectivity index (χ1v) is 6.88. The zero-order chi connectivity index (χ0) is 14.4. The van der Waals surface area contributed by atoms with E-state index in [9.17, 15) is 4.79 Å². The summed E-state index contributed by atoms with van der Waals surface area (Å²) in [7, 11) is 0. The first kappa shape index (κ1) is 14.1. The maximum Gasteiger partial charge on any atom is 0.224 e. The molecule has 6 heteroatoms. The minimum absolute atomic E-state index is 0.159. The molecule has 0 spiro atoms. The Morgan fingerprint density at radius 3 is 2.90 bits per heavy atom. The van der Waals surface area contributed by atoms with Crippen LogP contribution in [-0.2, 0) is 4.79 Å². The monoisotopic (exact) mass is 273 g/mol. The van der Waals surface area contributed by atoms with E-state index in [1.807, 2.05) is 11.0 Å². The Morgan fingerprint density at radius 2 is 2.20 bits per heavy atom. The quantitative estimate of drug-likeness (QED) is 0.863. The normalized spacial score (nSPS) is 14.7. The predicted molar refractivity (Wildman–Crippen MR) is 76.9 cm³/mol. The second kappa shape index (κ2) is 6.75. The van der Waals surface area contributed by atoms with Gasteiger partial charge >= 0.3 is 0 Å². The van der Waals surface area contributed by atoms with Crippen LogP contribution in [0, 0.1) is 11.3 Å². The fraction of sp³-hybridized carbons (Fsp3) is 0.500. The SMILES string of the molecule is N#Cc1ccnc(NCCC(=O)N2CCCCC2)c1N. The van der Waals surface area contributed by atoms with Gasteiger partial charge in [0.05, 0.1) is 11.3 Å². The number of hydrogen-bond acceptors (Lipinski definition) is 5. The molecule has 1 saturated heterocycles. The van der Waals surface area contributed by atoms with E-state index < -0.39 is 0 Å². The molecule has 2 rings (SSSR count). The van der Waals surface area contributed by atoms with Crippen molar-refractivity contribution in [1.29, 1.82) is 5.26 Å². The number of nitrogens with one attached hydrogen (secondary N) is 1. The summed E-state index contributed by atoms with van der Waals surface area (Å²) in [6.45, 7) is 2.20. The highest BCUT2D eigenvalue weighted by molar-refractivity contribution is 5.77. The maximum absolute atomic E-state index is 12.0. The highest BCUT2D eigenvalue weighted by Crippen LogP contribution is 2.18. The van der Waals surface area contributed by atoms with Gasteiger partial charge in [0.2, 0.25) is 5.91 Å². The molecule has 0 saturated carbocycles. The van der Waals surface area contributed by atoms with Crippen LogP contribution in [0.5, 0.6) is 0 Å². The zero-order valence-corrected chi connectivity index (χ0v) is 11.4. The maximum atomic E-state index is 12.0. The third-order valence-corrected chi connectivity index (χ3v) is 3.45. The number of aromatic nitrogens is 1. The molecular formula is C14H19N5O. The van der Waals surface area contributed by atoms with Crippen LogP contribution in [0.1, 0.15) is 31.2 Å². The molecule has 0 bridgehead atoms. The van der Waals surface area contributed by atoms with E-state index in [1.165, 1.54) is 12.6 Å². The molecule has 0 aromatic carbocycles. The van der Waals surface area contributed by atoms with Crippen molar-refractivity contribution in [3.63, 3.8) is 0 Å². The number of rotatable bonds is 4. The Bertz CT molecular complexity index is 517. The molecule has 0 aliphatic carbocycles. The molecule has 6 nitrogen and oxygen atoms in total. The van der Waals surface area contributed by atoms with Gasteiger partial charge in [-0.15, -0.1) is 0 Å². The Kier molecular flexibility index (Phi) is 4.77. The Balaban J connectivity index is 1.84. The second-order valence-electron chi connectivity index (χ2n) is 4.85. The topological polar surface area (TPSA) is 95.0 Å². The number of carbonyl (C=O) groups is 1. The number of amides is 1. The summed E-state index contributed by atoms with van der Waals surface area (Å²) in [5, 5.41) is 11.9. The van der Waals surface area contributed by atoms with Crippen molar-refractivity contribution < 1.29 is 4.79 Å². The molecule has 0 unspecified atom stereocenters. The fourth-order valence-corrected chi connectivity index (χ4v) is 2.30. The van der Waals surface area contributed by atoms with Gasteiger partial charge in [-0.3, -0.25) is 4.79 Å². The summed E-state index contributed by atoms with van der Waals surface area (Å²) in [4.78, 5) is 18.0. The lowest BCUT2D eigenvalue weighted by atomic mass is 10.1. The molecule has 0 radical (unpaired) electrons. The van der Waals surface area contributed by atoms with Gasteiger partial charge in [-0.05, 0) is 25.3 Å². The van der Waals surface area contributed by atoms with Crippen LogP contribution in [0.15, 0.2) is 12.3 Å². The third kappa shape index (κ3) is 3.38. The number of nitrogens with two attached hydrogens (primary N) is 1. The first-order valence-electron chi connectivity index (χ1n) is 6.88. The van der Waals surface area contributed by atoms with Gasteiger partial charge in [-0.1, -0.05) is 0 Å². The van der Waals surface area contributed by atoms with Crippen LogP contribution in [0.4, 0.5) is 11.5 Å². The fourth-order valence-electron chi connectivity index (χ4n) is 2.30. The van der Waals surface area contributed by atoms with E-state index in [2.05, 4.69) is 10.3 Å². The highest BCUT2D eigenvalue weighted by Gasteiger charge is 2.16. The minimum atomic E-state index is 0.159.